The molecule has 0 radical (unpaired) electrons. The predicted octanol–water partition coefficient (Wildman–Crippen LogP) is 1.06. The van der Waals surface area contributed by atoms with Gasteiger partial charge in [-0.15, -0.1) is 0 Å². The molecule has 1 saturated heterocycles. The van der Waals surface area contributed by atoms with Gasteiger partial charge in [-0.25, -0.2) is 8.42 Å². The Kier molecular flexibility index (Phi) is 7.39. The molecule has 152 valence electrons. The van der Waals surface area contributed by atoms with E-state index in [-0.39, 0.29) is 22.8 Å². The number of aryl methyl sites for hydroxylation is 2. The third kappa shape index (κ3) is 5.51. The Bertz CT molecular complexity index is 753. The maximum atomic E-state index is 12.7. The number of carbonyl (C=O) groups is 1. The van der Waals surface area contributed by atoms with Gasteiger partial charge in [0.15, 0.2) is 0 Å². The quantitative estimate of drug-likeness (QED) is 0.685. The molecule has 0 atom stereocenters. The van der Waals surface area contributed by atoms with Gasteiger partial charge in [0.1, 0.15) is 0 Å². The number of nitrogens with one attached hydrogen (secondary N) is 2. The largest absolute Gasteiger partial charge is 0.384 e. The molecule has 2 N–H and O–H groups in total. The minimum atomic E-state index is -3.70. The molecule has 1 heterocycles. The van der Waals surface area contributed by atoms with Gasteiger partial charge in [0.2, 0.25) is 15.9 Å². The van der Waals surface area contributed by atoms with Gasteiger partial charge in [0, 0.05) is 26.1 Å². The van der Waals surface area contributed by atoms with Crippen LogP contribution in [0.25, 0.3) is 0 Å². The fourth-order valence-electron chi connectivity index (χ4n) is 3.32. The maximum absolute atomic E-state index is 12.7. The minimum absolute atomic E-state index is 0.0961. The third-order valence-corrected chi connectivity index (χ3v) is 7.13. The zero-order valence-electron chi connectivity index (χ0n) is 16.7. The second-order valence-electron chi connectivity index (χ2n) is 7.47. The molecule has 0 saturated carbocycles. The fourth-order valence-corrected chi connectivity index (χ4v) is 4.53. The highest BCUT2D eigenvalue weighted by Gasteiger charge is 2.33. The molecule has 1 amide bonds. The van der Waals surface area contributed by atoms with Crippen LogP contribution in [0.3, 0.4) is 0 Å². The van der Waals surface area contributed by atoms with E-state index in [0.29, 0.717) is 13.2 Å². The van der Waals surface area contributed by atoms with Crippen LogP contribution in [0, 0.1) is 19.3 Å². The van der Waals surface area contributed by atoms with Crippen LogP contribution in [0.1, 0.15) is 24.0 Å². The highest BCUT2D eigenvalue weighted by molar-refractivity contribution is 7.89. The van der Waals surface area contributed by atoms with Crippen molar-refractivity contribution in [1.82, 2.24) is 14.9 Å². The van der Waals surface area contributed by atoms with Gasteiger partial charge in [-0.05, 0) is 63.0 Å². The molecule has 0 spiro atoms. The number of methoxy groups -OCH3 is 1. The van der Waals surface area contributed by atoms with E-state index in [4.69, 9.17) is 4.74 Å². The van der Waals surface area contributed by atoms with E-state index in [9.17, 15) is 13.2 Å². The molecule has 8 heteroatoms. The number of benzene rings is 1. The van der Waals surface area contributed by atoms with Gasteiger partial charge in [-0.2, -0.15) is 4.31 Å². The van der Waals surface area contributed by atoms with E-state index in [1.807, 2.05) is 13.8 Å². The van der Waals surface area contributed by atoms with Crippen molar-refractivity contribution < 1.29 is 17.9 Å². The molecule has 1 aromatic rings. The molecule has 0 aromatic heterocycles. The summed E-state index contributed by atoms with van der Waals surface area (Å²) in [5, 5.41) is 6.21. The van der Waals surface area contributed by atoms with Crippen LogP contribution in [-0.2, 0) is 19.6 Å². The average Bonchev–Trinajstić information content (AvgIpc) is 2.63. The molecule has 7 nitrogen and oxygen atoms in total. The molecule has 1 aromatic carbocycles. The summed E-state index contributed by atoms with van der Waals surface area (Å²) >= 11 is 0. The lowest BCUT2D eigenvalue weighted by Gasteiger charge is -2.37. The second kappa shape index (κ2) is 9.14. The normalized spacial score (nSPS) is 17.1. The van der Waals surface area contributed by atoms with Gasteiger partial charge < -0.3 is 15.4 Å². The number of nitrogens with zero attached hydrogens (tertiary/aromatic N) is 1. The molecule has 27 heavy (non-hydrogen) atoms. The zero-order chi connectivity index (χ0) is 20.1. The molecule has 1 aliphatic rings. The van der Waals surface area contributed by atoms with E-state index in [1.165, 1.54) is 7.05 Å². The summed E-state index contributed by atoms with van der Waals surface area (Å²) < 4.78 is 31.9. The first-order chi connectivity index (χ1) is 12.7. The Morgan fingerprint density at radius 1 is 1.26 bits per heavy atom. The van der Waals surface area contributed by atoms with Gasteiger partial charge in [-0.3, -0.25) is 4.79 Å². The molecule has 1 fully saturated rings. The second-order valence-corrected chi connectivity index (χ2v) is 9.51. The predicted molar refractivity (Wildman–Crippen MR) is 105 cm³/mol. The topological polar surface area (TPSA) is 87.7 Å². The first-order valence-corrected chi connectivity index (χ1v) is 10.6. The summed E-state index contributed by atoms with van der Waals surface area (Å²) in [6.07, 6.45) is 1.83. The third-order valence-electron chi connectivity index (χ3n) is 5.33. The molecule has 2 rings (SSSR count). The molecule has 0 unspecified atom stereocenters. The Morgan fingerprint density at radius 2 is 1.93 bits per heavy atom. The number of rotatable bonds is 8. The van der Waals surface area contributed by atoms with Crippen molar-refractivity contribution in [2.24, 2.45) is 5.41 Å². The Balaban J connectivity index is 1.98. The van der Waals surface area contributed by atoms with Crippen molar-refractivity contribution in [3.05, 3.63) is 29.3 Å². The molecule has 0 bridgehead atoms. The Hall–Kier alpha value is -1.48. The number of sulfonamides is 1. The van der Waals surface area contributed by atoms with Crippen LogP contribution in [0.15, 0.2) is 23.1 Å². The van der Waals surface area contributed by atoms with Crippen LogP contribution in [-0.4, -0.2) is 65.6 Å². The lowest BCUT2D eigenvalue weighted by molar-refractivity contribution is -0.122. The Morgan fingerprint density at radius 3 is 2.52 bits per heavy atom. The Labute approximate surface area is 162 Å². The van der Waals surface area contributed by atoms with E-state index in [2.05, 4.69) is 10.6 Å². The summed E-state index contributed by atoms with van der Waals surface area (Å²) in [4.78, 5) is 12.6. The van der Waals surface area contributed by atoms with E-state index < -0.39 is 10.0 Å². The first kappa shape index (κ1) is 21.8. The first-order valence-electron chi connectivity index (χ1n) is 9.20. The smallest absolute Gasteiger partial charge is 0.243 e. The SMILES string of the molecule is COCC1(CNC(=O)CN(C)S(=O)(=O)c2ccc(C)c(C)c2)CCNCC1. The maximum Gasteiger partial charge on any atom is 0.243 e. The number of hydrogen-bond acceptors (Lipinski definition) is 5. The van der Waals surface area contributed by atoms with Crippen molar-refractivity contribution in [2.45, 2.75) is 31.6 Å². The number of amides is 1. The summed E-state index contributed by atoms with van der Waals surface area (Å²) in [7, 11) is -0.612. The van der Waals surface area contributed by atoms with Crippen molar-refractivity contribution in [3.63, 3.8) is 0 Å². The summed E-state index contributed by atoms with van der Waals surface area (Å²) in [6.45, 7) is 6.43. The fraction of sp³-hybridized carbons (Fsp3) is 0.632. The van der Waals surface area contributed by atoms with Crippen molar-refractivity contribution in [1.29, 1.82) is 0 Å². The summed E-state index contributed by atoms with van der Waals surface area (Å²) in [5.41, 5.74) is 1.84. The van der Waals surface area contributed by atoms with Crippen LogP contribution < -0.4 is 10.6 Å². The van der Waals surface area contributed by atoms with Crippen LogP contribution in [0.5, 0.6) is 0 Å². The van der Waals surface area contributed by atoms with Crippen molar-refractivity contribution in [3.8, 4) is 0 Å². The summed E-state index contributed by atoms with van der Waals surface area (Å²) in [6, 6.07) is 5.00. The number of likely N-dealkylation sites (N-methyl/N-ethyl adjacent to an activating group) is 1. The van der Waals surface area contributed by atoms with Gasteiger partial charge in [0.05, 0.1) is 18.0 Å². The molecular weight excluding hydrogens is 366 g/mol. The van der Waals surface area contributed by atoms with E-state index in [0.717, 1.165) is 41.4 Å². The van der Waals surface area contributed by atoms with Crippen molar-refractivity contribution >= 4 is 15.9 Å². The van der Waals surface area contributed by atoms with E-state index in [1.54, 1.807) is 25.3 Å². The standard InChI is InChI=1S/C19H31N3O4S/c1-15-5-6-17(11-16(15)2)27(24,25)22(3)12-18(23)21-13-19(14-26-4)7-9-20-10-8-19/h5-6,11,20H,7-10,12-14H2,1-4H3,(H,21,23). The lowest BCUT2D eigenvalue weighted by Crippen LogP contribution is -2.48. The molecule has 0 aliphatic carbocycles. The van der Waals surface area contributed by atoms with Crippen LogP contribution in [0.2, 0.25) is 0 Å². The zero-order valence-corrected chi connectivity index (χ0v) is 17.5. The average molecular weight is 398 g/mol. The molecular formula is C19H31N3O4S. The van der Waals surface area contributed by atoms with Gasteiger partial charge in [0.25, 0.3) is 0 Å². The minimum Gasteiger partial charge on any atom is -0.384 e. The van der Waals surface area contributed by atoms with E-state index >= 15 is 0 Å². The number of hydrogen-bond donors (Lipinski definition) is 2. The number of ether oxygens (including phenoxy) is 1. The van der Waals surface area contributed by atoms with Crippen molar-refractivity contribution in [2.75, 3.05) is 46.9 Å². The highest BCUT2D eigenvalue weighted by Crippen LogP contribution is 2.28. The molecule has 1 aliphatic heterocycles. The monoisotopic (exact) mass is 397 g/mol. The highest BCUT2D eigenvalue weighted by atomic mass is 32.2. The van der Waals surface area contributed by atoms with Crippen LogP contribution in [0.4, 0.5) is 0 Å². The number of carbonyl (C=O) groups excluding carboxylic acids is 1. The van der Waals surface area contributed by atoms with Crippen LogP contribution >= 0.6 is 0 Å². The van der Waals surface area contributed by atoms with Gasteiger partial charge in [-0.1, -0.05) is 6.07 Å². The van der Waals surface area contributed by atoms with Gasteiger partial charge >= 0.3 is 0 Å². The summed E-state index contributed by atoms with van der Waals surface area (Å²) in [5.74, 6) is -0.307. The number of piperidine rings is 1. The lowest BCUT2D eigenvalue weighted by atomic mass is 9.79.